The van der Waals surface area contributed by atoms with E-state index in [2.05, 4.69) is 4.74 Å². The molecule has 1 amide bonds. The highest BCUT2D eigenvalue weighted by Gasteiger charge is 2.33. The second-order valence-electron chi connectivity index (χ2n) is 6.81. The van der Waals surface area contributed by atoms with Crippen LogP contribution in [0.15, 0.2) is 24.3 Å². The number of benzene rings is 1. The van der Waals surface area contributed by atoms with Gasteiger partial charge in [-0.15, -0.1) is 0 Å². The van der Waals surface area contributed by atoms with E-state index in [0.29, 0.717) is 18.5 Å². The van der Waals surface area contributed by atoms with Gasteiger partial charge in [-0.05, 0) is 38.5 Å². The van der Waals surface area contributed by atoms with Crippen LogP contribution in [0.25, 0.3) is 0 Å². The maximum Gasteiger partial charge on any atom is 0.410 e. The van der Waals surface area contributed by atoms with Crippen LogP contribution in [0, 0.1) is 0 Å². The van der Waals surface area contributed by atoms with Crippen molar-refractivity contribution in [2.45, 2.75) is 38.7 Å². The van der Waals surface area contributed by atoms with E-state index in [-0.39, 0.29) is 12.3 Å². The van der Waals surface area contributed by atoms with Gasteiger partial charge in [0.1, 0.15) is 11.4 Å². The number of ether oxygens (including phenoxy) is 2. The molecule has 0 saturated carbocycles. The molecule has 130 valence electrons. The Bertz CT molecular complexity index is 630. The summed E-state index contributed by atoms with van der Waals surface area (Å²) in [5.41, 5.74) is 0.630. The fourth-order valence-electron chi connectivity index (χ4n) is 2.59. The minimum absolute atomic E-state index is 0.0839. The number of ketones is 1. The molecule has 24 heavy (non-hydrogen) atoms. The molecule has 2 rings (SSSR count). The first-order valence-corrected chi connectivity index (χ1v) is 7.90. The molecule has 1 aromatic rings. The van der Waals surface area contributed by atoms with Crippen molar-refractivity contribution < 1.29 is 23.9 Å². The fraction of sp³-hybridized carbons (Fsp3) is 0.500. The summed E-state index contributed by atoms with van der Waals surface area (Å²) in [5, 5.41) is 0. The Balaban J connectivity index is 2.12. The average Bonchev–Trinajstić information content (AvgIpc) is 2.53. The van der Waals surface area contributed by atoms with Crippen LogP contribution in [0.1, 0.15) is 49.0 Å². The highest BCUT2D eigenvalue weighted by molar-refractivity contribution is 5.91. The molecule has 1 atom stereocenters. The third-order valence-corrected chi connectivity index (χ3v) is 3.81. The molecule has 0 radical (unpaired) electrons. The van der Waals surface area contributed by atoms with Crippen LogP contribution in [0.3, 0.4) is 0 Å². The van der Waals surface area contributed by atoms with E-state index < -0.39 is 23.6 Å². The van der Waals surface area contributed by atoms with E-state index in [4.69, 9.17) is 4.74 Å². The van der Waals surface area contributed by atoms with Crippen LogP contribution in [0.5, 0.6) is 0 Å². The monoisotopic (exact) mass is 333 g/mol. The standard InChI is InChI=1S/C18H23NO5/c1-18(2,3)24-17(22)19-10-9-15(20)14(11-19)12-5-7-13(8-6-12)16(21)23-4/h5-8,14H,9-11H2,1-4H3. The van der Waals surface area contributed by atoms with Crippen LogP contribution < -0.4 is 0 Å². The van der Waals surface area contributed by atoms with E-state index in [1.54, 1.807) is 29.2 Å². The largest absolute Gasteiger partial charge is 0.465 e. The lowest BCUT2D eigenvalue weighted by molar-refractivity contribution is -0.123. The van der Waals surface area contributed by atoms with Crippen LogP contribution in [-0.4, -0.2) is 48.5 Å². The number of esters is 1. The molecular weight excluding hydrogens is 310 g/mol. The summed E-state index contributed by atoms with van der Waals surface area (Å²) in [5.74, 6) is -0.745. The number of carbonyl (C=O) groups excluding carboxylic acids is 3. The zero-order valence-corrected chi connectivity index (χ0v) is 14.5. The predicted molar refractivity (Wildman–Crippen MR) is 88.0 cm³/mol. The number of likely N-dealkylation sites (tertiary alicyclic amines) is 1. The Kier molecular flexibility index (Phi) is 5.26. The van der Waals surface area contributed by atoms with E-state index in [9.17, 15) is 14.4 Å². The van der Waals surface area contributed by atoms with E-state index in [1.807, 2.05) is 20.8 Å². The van der Waals surface area contributed by atoms with Crippen LogP contribution in [0.2, 0.25) is 0 Å². The van der Waals surface area contributed by atoms with Crippen molar-refractivity contribution in [3.63, 3.8) is 0 Å². The maximum atomic E-state index is 12.3. The number of carbonyl (C=O) groups is 3. The number of methoxy groups -OCH3 is 1. The summed E-state index contributed by atoms with van der Waals surface area (Å²) in [6.07, 6.45) is -0.117. The van der Waals surface area contributed by atoms with Crippen LogP contribution >= 0.6 is 0 Å². The number of amides is 1. The van der Waals surface area contributed by atoms with Gasteiger partial charge in [0.15, 0.2) is 0 Å². The Labute approximate surface area is 141 Å². The first-order chi connectivity index (χ1) is 11.2. The lowest BCUT2D eigenvalue weighted by Crippen LogP contribution is -2.45. The minimum Gasteiger partial charge on any atom is -0.465 e. The number of hydrogen-bond acceptors (Lipinski definition) is 5. The van der Waals surface area contributed by atoms with Crippen molar-refractivity contribution in [1.82, 2.24) is 4.90 Å². The zero-order chi connectivity index (χ0) is 17.9. The minimum atomic E-state index is -0.573. The zero-order valence-electron chi connectivity index (χ0n) is 14.5. The summed E-state index contributed by atoms with van der Waals surface area (Å²) in [6.45, 7) is 6.07. The first-order valence-electron chi connectivity index (χ1n) is 7.90. The van der Waals surface area contributed by atoms with Crippen molar-refractivity contribution in [3.8, 4) is 0 Å². The number of piperidine rings is 1. The van der Waals surface area contributed by atoms with E-state index >= 15 is 0 Å². The smallest absolute Gasteiger partial charge is 0.410 e. The number of hydrogen-bond donors (Lipinski definition) is 0. The SMILES string of the molecule is COC(=O)c1ccc(C2CN(C(=O)OC(C)(C)C)CCC2=O)cc1. The lowest BCUT2D eigenvalue weighted by atomic mass is 9.89. The molecule has 1 aliphatic heterocycles. The predicted octanol–water partition coefficient (Wildman–Crippen LogP) is 2.77. The molecule has 6 heteroatoms. The first kappa shape index (κ1) is 18.0. The molecule has 1 unspecified atom stereocenters. The number of nitrogens with zero attached hydrogens (tertiary/aromatic N) is 1. The highest BCUT2D eigenvalue weighted by atomic mass is 16.6. The normalized spacial score (nSPS) is 18.2. The van der Waals surface area contributed by atoms with Crippen LogP contribution in [-0.2, 0) is 14.3 Å². The van der Waals surface area contributed by atoms with Gasteiger partial charge in [0.2, 0.25) is 0 Å². The molecule has 0 aliphatic carbocycles. The summed E-state index contributed by atoms with van der Waals surface area (Å²) in [7, 11) is 1.32. The quantitative estimate of drug-likeness (QED) is 0.778. The topological polar surface area (TPSA) is 72.9 Å². The van der Waals surface area contributed by atoms with E-state index in [1.165, 1.54) is 7.11 Å². The fourth-order valence-corrected chi connectivity index (χ4v) is 2.59. The highest BCUT2D eigenvalue weighted by Crippen LogP contribution is 2.25. The summed E-state index contributed by atoms with van der Waals surface area (Å²) >= 11 is 0. The molecule has 0 bridgehead atoms. The van der Waals surface area contributed by atoms with Gasteiger partial charge in [-0.25, -0.2) is 9.59 Å². The molecule has 0 spiro atoms. The summed E-state index contributed by atoms with van der Waals surface area (Å²) in [6, 6.07) is 6.71. The maximum absolute atomic E-state index is 12.3. The Morgan fingerprint density at radius 3 is 2.33 bits per heavy atom. The second kappa shape index (κ2) is 7.03. The van der Waals surface area contributed by atoms with Gasteiger partial charge >= 0.3 is 12.1 Å². The Morgan fingerprint density at radius 2 is 1.79 bits per heavy atom. The second-order valence-corrected chi connectivity index (χ2v) is 6.81. The van der Waals surface area contributed by atoms with Crippen molar-refractivity contribution >= 4 is 17.8 Å². The van der Waals surface area contributed by atoms with Gasteiger partial charge in [0.25, 0.3) is 0 Å². The van der Waals surface area contributed by atoms with Gasteiger partial charge in [0.05, 0.1) is 18.6 Å². The molecule has 0 aromatic heterocycles. The third kappa shape index (κ3) is 4.34. The molecule has 1 aliphatic rings. The summed E-state index contributed by atoms with van der Waals surface area (Å²) < 4.78 is 10.0. The van der Waals surface area contributed by atoms with Gasteiger partial charge < -0.3 is 14.4 Å². The van der Waals surface area contributed by atoms with Gasteiger partial charge in [0, 0.05) is 19.5 Å². The molecule has 0 N–H and O–H groups in total. The number of Topliss-reactive ketones (excluding diaryl/α,β-unsaturated/α-hetero) is 1. The van der Waals surface area contributed by atoms with Crippen LogP contribution in [0.4, 0.5) is 4.79 Å². The molecule has 1 saturated heterocycles. The van der Waals surface area contributed by atoms with Crippen molar-refractivity contribution in [1.29, 1.82) is 0 Å². The molecule has 1 aromatic carbocycles. The summed E-state index contributed by atoms with van der Waals surface area (Å²) in [4.78, 5) is 37.5. The van der Waals surface area contributed by atoms with Gasteiger partial charge in [-0.3, -0.25) is 4.79 Å². The Hall–Kier alpha value is -2.37. The van der Waals surface area contributed by atoms with Gasteiger partial charge in [-0.1, -0.05) is 12.1 Å². The molecule has 1 fully saturated rings. The Morgan fingerprint density at radius 1 is 1.17 bits per heavy atom. The number of rotatable bonds is 2. The van der Waals surface area contributed by atoms with Crippen molar-refractivity contribution in [2.24, 2.45) is 0 Å². The lowest BCUT2D eigenvalue weighted by Gasteiger charge is -2.33. The van der Waals surface area contributed by atoms with Gasteiger partial charge in [-0.2, -0.15) is 0 Å². The molecule has 6 nitrogen and oxygen atoms in total. The van der Waals surface area contributed by atoms with Crippen molar-refractivity contribution in [3.05, 3.63) is 35.4 Å². The molecule has 1 heterocycles. The van der Waals surface area contributed by atoms with E-state index in [0.717, 1.165) is 5.56 Å². The third-order valence-electron chi connectivity index (χ3n) is 3.81. The average molecular weight is 333 g/mol. The molecular formula is C18H23NO5. The van der Waals surface area contributed by atoms with Crippen molar-refractivity contribution in [2.75, 3.05) is 20.2 Å².